The van der Waals surface area contributed by atoms with E-state index in [0.29, 0.717) is 36.9 Å². The molecule has 0 atom stereocenters. The van der Waals surface area contributed by atoms with Crippen LogP contribution >= 0.6 is 15.9 Å². The molecule has 0 fully saturated rings. The van der Waals surface area contributed by atoms with Gasteiger partial charge in [0.1, 0.15) is 24.0 Å². The first-order valence-corrected chi connectivity index (χ1v) is 10.2. The number of anilines is 1. The molecule has 2 heterocycles. The van der Waals surface area contributed by atoms with Crippen LogP contribution in [0.25, 0.3) is 21.9 Å². The van der Waals surface area contributed by atoms with Crippen molar-refractivity contribution in [3.05, 3.63) is 28.5 Å². The number of carboxylic acid groups (broad SMARTS) is 1. The van der Waals surface area contributed by atoms with E-state index in [1.807, 2.05) is 50.5 Å². The fourth-order valence-corrected chi connectivity index (χ4v) is 3.73. The van der Waals surface area contributed by atoms with Crippen molar-refractivity contribution in [2.75, 3.05) is 18.9 Å². The maximum Gasteiger partial charge on any atom is 0.152 e. The zero-order valence-electron chi connectivity index (χ0n) is 17.0. The predicted molar refractivity (Wildman–Crippen MR) is 114 cm³/mol. The molecule has 2 aromatic heterocycles. The van der Waals surface area contributed by atoms with Crippen LogP contribution in [0, 0.1) is 0 Å². The molecular formula is C20H25BrN5O3-. The molecule has 0 saturated carbocycles. The molecule has 0 aliphatic heterocycles. The summed E-state index contributed by atoms with van der Waals surface area (Å²) in [4.78, 5) is 22.1. The third kappa shape index (κ3) is 4.30. The number of hydrogen-bond acceptors (Lipinski definition) is 6. The summed E-state index contributed by atoms with van der Waals surface area (Å²) >= 11 is 3.46. The lowest BCUT2D eigenvalue weighted by molar-refractivity contribution is -0.270. The number of aromatic nitrogens is 3. The highest BCUT2D eigenvalue weighted by Gasteiger charge is 2.23. The third-order valence-electron chi connectivity index (χ3n) is 4.76. The van der Waals surface area contributed by atoms with Crippen LogP contribution in [-0.4, -0.2) is 44.2 Å². The van der Waals surface area contributed by atoms with Gasteiger partial charge in [-0.1, -0.05) is 15.9 Å². The smallest absolute Gasteiger partial charge is 0.152 e. The lowest BCUT2D eigenvalue weighted by atomic mass is 10.1. The van der Waals surface area contributed by atoms with E-state index in [9.17, 15) is 9.90 Å². The highest BCUT2D eigenvalue weighted by Crippen LogP contribution is 2.31. The van der Waals surface area contributed by atoms with Crippen molar-refractivity contribution in [2.45, 2.75) is 46.4 Å². The average Bonchev–Trinajstić information content (AvgIpc) is 2.98. The van der Waals surface area contributed by atoms with Gasteiger partial charge in [0.05, 0.1) is 11.0 Å². The molecule has 3 rings (SSSR count). The molecule has 0 saturated heterocycles. The molecule has 2 N–H and O–H groups in total. The van der Waals surface area contributed by atoms with Crippen molar-refractivity contribution in [1.82, 2.24) is 19.4 Å². The summed E-state index contributed by atoms with van der Waals surface area (Å²) in [7, 11) is 0. The van der Waals surface area contributed by atoms with E-state index in [1.165, 1.54) is 4.90 Å². The second-order valence-corrected chi connectivity index (χ2v) is 8.68. The molecule has 0 unspecified atom stereocenters. The van der Waals surface area contributed by atoms with E-state index in [-0.39, 0.29) is 6.54 Å². The molecule has 1 amide bonds. The standard InChI is InChI=1S/C20H26BrN5O3/c1-5-29-11-15-24-16-17(13-7-6-12(21)10-14(13)23-18(16)22)25(15)8-9-26(19(27)28)20(2,3)4/h6-7,10H,5,8-9,11H2,1-4H3,(H2,22,23)(H,27,28)/p-1. The van der Waals surface area contributed by atoms with Crippen LogP contribution in [0.2, 0.25) is 0 Å². The molecule has 156 valence electrons. The Morgan fingerprint density at radius 3 is 2.69 bits per heavy atom. The molecule has 3 aromatic rings. The van der Waals surface area contributed by atoms with E-state index >= 15 is 0 Å². The van der Waals surface area contributed by atoms with E-state index < -0.39 is 11.6 Å². The Bertz CT molecular complexity index is 1060. The number of amides is 1. The summed E-state index contributed by atoms with van der Waals surface area (Å²) in [6.07, 6.45) is -1.21. The van der Waals surface area contributed by atoms with Gasteiger partial charge in [-0.2, -0.15) is 0 Å². The number of nitrogens with zero attached hydrogens (tertiary/aromatic N) is 4. The molecule has 1 aromatic carbocycles. The predicted octanol–water partition coefficient (Wildman–Crippen LogP) is 2.91. The second-order valence-electron chi connectivity index (χ2n) is 7.76. The second kappa shape index (κ2) is 8.16. The van der Waals surface area contributed by atoms with Gasteiger partial charge in [0, 0.05) is 35.1 Å². The topological polar surface area (TPSA) is 109 Å². The van der Waals surface area contributed by atoms with Gasteiger partial charge in [0.25, 0.3) is 0 Å². The van der Waals surface area contributed by atoms with Gasteiger partial charge in [-0.05, 0) is 45.9 Å². The van der Waals surface area contributed by atoms with E-state index in [4.69, 9.17) is 10.5 Å². The van der Waals surface area contributed by atoms with Gasteiger partial charge < -0.3 is 29.8 Å². The van der Waals surface area contributed by atoms with E-state index in [0.717, 1.165) is 20.9 Å². The minimum absolute atomic E-state index is 0.247. The number of hydrogen-bond donors (Lipinski definition) is 1. The van der Waals surface area contributed by atoms with Gasteiger partial charge in [-0.3, -0.25) is 0 Å². The molecule has 8 nitrogen and oxygen atoms in total. The lowest BCUT2D eigenvalue weighted by Gasteiger charge is -2.38. The van der Waals surface area contributed by atoms with Crippen LogP contribution in [0.1, 0.15) is 33.5 Å². The fourth-order valence-electron chi connectivity index (χ4n) is 3.38. The molecular weight excluding hydrogens is 438 g/mol. The number of carbonyl (C=O) groups excluding carboxylic acids is 1. The fraction of sp³-hybridized carbons (Fsp3) is 0.450. The number of pyridine rings is 1. The van der Waals surface area contributed by atoms with Gasteiger partial charge in [-0.15, -0.1) is 0 Å². The molecule has 0 bridgehead atoms. The lowest BCUT2D eigenvalue weighted by Crippen LogP contribution is -2.52. The van der Waals surface area contributed by atoms with Crippen molar-refractivity contribution in [3.63, 3.8) is 0 Å². The van der Waals surface area contributed by atoms with Crippen LogP contribution < -0.4 is 10.8 Å². The first-order chi connectivity index (χ1) is 13.6. The summed E-state index contributed by atoms with van der Waals surface area (Å²) in [5, 5.41) is 12.6. The highest BCUT2D eigenvalue weighted by atomic mass is 79.9. The summed E-state index contributed by atoms with van der Waals surface area (Å²) in [5.74, 6) is 1.01. The number of carbonyl (C=O) groups is 1. The maximum atomic E-state index is 11.7. The van der Waals surface area contributed by atoms with Crippen LogP contribution in [0.15, 0.2) is 22.7 Å². The molecule has 0 spiro atoms. The van der Waals surface area contributed by atoms with Crippen molar-refractivity contribution in [2.24, 2.45) is 0 Å². The Morgan fingerprint density at radius 2 is 2.07 bits per heavy atom. The Labute approximate surface area is 177 Å². The normalized spacial score (nSPS) is 12.0. The SMILES string of the molecule is CCOCc1nc2c(N)nc3cc(Br)ccc3c2n1CCN(C(=O)[O-])C(C)(C)C. The first-order valence-electron chi connectivity index (χ1n) is 9.43. The minimum Gasteiger partial charge on any atom is -0.530 e. The van der Waals surface area contributed by atoms with Crippen molar-refractivity contribution >= 4 is 49.8 Å². The minimum atomic E-state index is -1.21. The van der Waals surface area contributed by atoms with E-state index in [2.05, 4.69) is 25.9 Å². The molecule has 0 aliphatic rings. The maximum absolute atomic E-state index is 11.7. The number of nitrogen functional groups attached to an aromatic ring is 1. The molecule has 0 aliphatic carbocycles. The average molecular weight is 463 g/mol. The first kappa shape index (κ1) is 21.3. The summed E-state index contributed by atoms with van der Waals surface area (Å²) in [6, 6.07) is 5.78. The quantitative estimate of drug-likeness (QED) is 0.602. The van der Waals surface area contributed by atoms with Gasteiger partial charge in [0.2, 0.25) is 0 Å². The van der Waals surface area contributed by atoms with E-state index in [1.54, 1.807) is 0 Å². The molecule has 9 heteroatoms. The zero-order chi connectivity index (χ0) is 21.3. The van der Waals surface area contributed by atoms with Crippen molar-refractivity contribution in [3.8, 4) is 0 Å². The highest BCUT2D eigenvalue weighted by molar-refractivity contribution is 9.10. The number of rotatable bonds is 6. The Hall–Kier alpha value is -2.39. The largest absolute Gasteiger partial charge is 0.530 e. The summed E-state index contributed by atoms with van der Waals surface area (Å²) < 4.78 is 8.46. The number of halogens is 1. The number of nitrogens with two attached hydrogens (primary N) is 1. The van der Waals surface area contributed by atoms with Gasteiger partial charge in [0.15, 0.2) is 5.82 Å². The van der Waals surface area contributed by atoms with Crippen LogP contribution in [-0.2, 0) is 17.9 Å². The molecule has 29 heavy (non-hydrogen) atoms. The van der Waals surface area contributed by atoms with Crippen LogP contribution in [0.5, 0.6) is 0 Å². The summed E-state index contributed by atoms with van der Waals surface area (Å²) in [6.45, 7) is 8.89. The zero-order valence-corrected chi connectivity index (χ0v) is 18.6. The third-order valence-corrected chi connectivity index (χ3v) is 5.25. The summed E-state index contributed by atoms with van der Waals surface area (Å²) in [5.41, 5.74) is 7.77. The number of ether oxygens (including phenoxy) is 1. The van der Waals surface area contributed by atoms with Gasteiger partial charge in [-0.25, -0.2) is 9.97 Å². The Balaban J connectivity index is 2.16. The van der Waals surface area contributed by atoms with Crippen molar-refractivity contribution < 1.29 is 14.6 Å². The van der Waals surface area contributed by atoms with Crippen molar-refractivity contribution in [1.29, 1.82) is 0 Å². The van der Waals surface area contributed by atoms with Crippen LogP contribution in [0.4, 0.5) is 10.6 Å². The number of imidazole rings is 1. The number of fused-ring (bicyclic) bond motifs is 3. The Morgan fingerprint density at radius 1 is 1.34 bits per heavy atom. The monoisotopic (exact) mass is 462 g/mol. The Kier molecular flexibility index (Phi) is 6.00. The number of benzene rings is 1. The van der Waals surface area contributed by atoms with Crippen LogP contribution in [0.3, 0.4) is 0 Å². The molecule has 0 radical (unpaired) electrons. The van der Waals surface area contributed by atoms with Gasteiger partial charge >= 0.3 is 0 Å².